The number of oxazole rings is 1. The second-order valence-electron chi connectivity index (χ2n) is 6.77. The number of aromatic nitrogens is 3. The van der Waals surface area contributed by atoms with E-state index in [4.69, 9.17) is 9.40 Å². The normalized spacial score (nSPS) is 11.0. The molecule has 0 saturated carbocycles. The van der Waals surface area contributed by atoms with Crippen LogP contribution in [0.1, 0.15) is 11.1 Å². The minimum absolute atomic E-state index is 0.214. The zero-order chi connectivity index (χ0) is 20.0. The molecule has 6 heteroatoms. The van der Waals surface area contributed by atoms with E-state index in [1.807, 2.05) is 43.3 Å². The average molecular weight is 378 g/mol. The summed E-state index contributed by atoms with van der Waals surface area (Å²) < 4.78 is 5.47. The van der Waals surface area contributed by atoms with E-state index in [1.54, 1.807) is 12.1 Å². The quantitative estimate of drug-likeness (QED) is 0.485. The maximum atomic E-state index is 11.8. The lowest BCUT2D eigenvalue weighted by atomic mass is 9.93. The second kappa shape index (κ2) is 6.43. The van der Waals surface area contributed by atoms with Crippen LogP contribution < -0.4 is 5.56 Å². The molecule has 3 aromatic heterocycles. The fourth-order valence-electron chi connectivity index (χ4n) is 3.54. The number of fused-ring (bicyclic) bond motifs is 2. The molecular formula is C23H14N4O2. The van der Waals surface area contributed by atoms with E-state index in [-0.39, 0.29) is 5.56 Å². The molecule has 1 N–H and O–H groups in total. The lowest BCUT2D eigenvalue weighted by molar-refractivity contribution is 0.602. The average Bonchev–Trinajstić information content (AvgIpc) is 3.21. The third-order valence-corrected chi connectivity index (χ3v) is 5.06. The molecule has 0 aliphatic rings. The highest BCUT2D eigenvalue weighted by atomic mass is 16.3. The predicted molar refractivity (Wildman–Crippen MR) is 110 cm³/mol. The van der Waals surface area contributed by atoms with Crippen molar-refractivity contribution in [1.29, 1.82) is 5.26 Å². The molecule has 29 heavy (non-hydrogen) atoms. The molecule has 0 aliphatic heterocycles. The van der Waals surface area contributed by atoms with E-state index < -0.39 is 0 Å². The van der Waals surface area contributed by atoms with Crippen molar-refractivity contribution in [3.63, 3.8) is 0 Å². The number of aromatic amines is 1. The molecule has 3 heterocycles. The number of nitrogens with zero attached hydrogens (tertiary/aromatic N) is 3. The monoisotopic (exact) mass is 378 g/mol. The zero-order valence-electron chi connectivity index (χ0n) is 15.4. The van der Waals surface area contributed by atoms with Gasteiger partial charge in [-0.2, -0.15) is 5.26 Å². The van der Waals surface area contributed by atoms with Crippen molar-refractivity contribution in [2.24, 2.45) is 0 Å². The van der Waals surface area contributed by atoms with Crippen LogP contribution in [-0.2, 0) is 0 Å². The lowest BCUT2D eigenvalue weighted by Crippen LogP contribution is -2.05. The van der Waals surface area contributed by atoms with Gasteiger partial charge in [0.25, 0.3) is 0 Å². The summed E-state index contributed by atoms with van der Waals surface area (Å²) in [6.07, 6.45) is 1.42. The van der Waals surface area contributed by atoms with Gasteiger partial charge in [0.05, 0.1) is 17.3 Å². The highest BCUT2D eigenvalue weighted by molar-refractivity contribution is 5.93. The van der Waals surface area contributed by atoms with E-state index >= 15 is 0 Å². The number of rotatable bonds is 2. The van der Waals surface area contributed by atoms with E-state index in [2.05, 4.69) is 16.0 Å². The molecule has 6 nitrogen and oxygen atoms in total. The minimum Gasteiger partial charge on any atom is -0.443 e. The van der Waals surface area contributed by atoms with Crippen LogP contribution in [0.15, 0.2) is 70.2 Å². The number of hydrogen-bond donors (Lipinski definition) is 1. The van der Waals surface area contributed by atoms with Crippen molar-refractivity contribution in [2.75, 3.05) is 0 Å². The molecule has 138 valence electrons. The van der Waals surface area contributed by atoms with Gasteiger partial charge in [-0.1, -0.05) is 18.2 Å². The molecule has 0 fully saturated rings. The number of H-pyrrole nitrogens is 1. The van der Waals surface area contributed by atoms with Gasteiger partial charge in [-0.3, -0.25) is 4.79 Å². The fourth-order valence-corrected chi connectivity index (χ4v) is 3.54. The highest BCUT2D eigenvalue weighted by Crippen LogP contribution is 2.36. The van der Waals surface area contributed by atoms with Crippen LogP contribution in [0.3, 0.4) is 0 Å². The summed E-state index contributed by atoms with van der Waals surface area (Å²) in [5.74, 6) is 0. The molecule has 0 saturated heterocycles. The molecule has 0 aliphatic carbocycles. The van der Waals surface area contributed by atoms with E-state index in [1.165, 1.54) is 12.5 Å². The number of nitriles is 1. The number of hydrogen-bond acceptors (Lipinski definition) is 5. The first kappa shape index (κ1) is 16.9. The molecule has 0 unspecified atom stereocenters. The third-order valence-electron chi connectivity index (χ3n) is 5.06. The third kappa shape index (κ3) is 2.77. The highest BCUT2D eigenvalue weighted by Gasteiger charge is 2.16. The Labute approximate surface area is 165 Å². The second-order valence-corrected chi connectivity index (χ2v) is 6.77. The van der Waals surface area contributed by atoms with Crippen molar-refractivity contribution in [3.05, 3.63) is 82.5 Å². The Bertz CT molecular complexity index is 1510. The van der Waals surface area contributed by atoms with Crippen molar-refractivity contribution in [2.45, 2.75) is 6.92 Å². The van der Waals surface area contributed by atoms with Crippen molar-refractivity contribution in [1.82, 2.24) is 15.0 Å². The van der Waals surface area contributed by atoms with Gasteiger partial charge in [-0.15, -0.1) is 0 Å². The van der Waals surface area contributed by atoms with Gasteiger partial charge in [0.2, 0.25) is 5.56 Å². The van der Waals surface area contributed by atoms with Gasteiger partial charge in [0.1, 0.15) is 11.2 Å². The van der Waals surface area contributed by atoms with Crippen LogP contribution in [0.4, 0.5) is 0 Å². The van der Waals surface area contributed by atoms with Crippen LogP contribution in [0.2, 0.25) is 0 Å². The van der Waals surface area contributed by atoms with E-state index in [9.17, 15) is 10.1 Å². The first-order chi connectivity index (χ1) is 14.1. The molecule has 0 spiro atoms. The summed E-state index contributed by atoms with van der Waals surface area (Å²) in [4.78, 5) is 23.6. The smallest absolute Gasteiger partial charge is 0.249 e. The van der Waals surface area contributed by atoms with Gasteiger partial charge in [0.15, 0.2) is 12.0 Å². The number of benzene rings is 2. The number of nitrogens with one attached hydrogen (secondary N) is 1. The van der Waals surface area contributed by atoms with Gasteiger partial charge < -0.3 is 9.40 Å². The maximum absolute atomic E-state index is 11.8. The first-order valence-corrected chi connectivity index (χ1v) is 9.02. The van der Waals surface area contributed by atoms with E-state index in [0.29, 0.717) is 22.5 Å². The Morgan fingerprint density at radius 2 is 1.97 bits per heavy atom. The molecular weight excluding hydrogens is 364 g/mol. The fraction of sp³-hybridized carbons (Fsp3) is 0.0435. The van der Waals surface area contributed by atoms with Gasteiger partial charge >= 0.3 is 0 Å². The molecule has 0 bridgehead atoms. The summed E-state index contributed by atoms with van der Waals surface area (Å²) in [5.41, 5.74) is 6.47. The molecule has 2 aromatic carbocycles. The first-order valence-electron chi connectivity index (χ1n) is 9.02. The summed E-state index contributed by atoms with van der Waals surface area (Å²) in [6.45, 7) is 1.90. The molecule has 0 radical (unpaired) electrons. The van der Waals surface area contributed by atoms with Crippen LogP contribution in [-0.4, -0.2) is 15.0 Å². The Morgan fingerprint density at radius 3 is 2.83 bits per heavy atom. The van der Waals surface area contributed by atoms with Crippen LogP contribution in [0.25, 0.3) is 44.5 Å². The van der Waals surface area contributed by atoms with Crippen molar-refractivity contribution >= 4 is 22.1 Å². The summed E-state index contributed by atoms with van der Waals surface area (Å²) in [7, 11) is 0. The van der Waals surface area contributed by atoms with Crippen LogP contribution >= 0.6 is 0 Å². The maximum Gasteiger partial charge on any atom is 0.249 e. The van der Waals surface area contributed by atoms with Gasteiger partial charge in [-0.05, 0) is 48.4 Å². The molecule has 0 amide bonds. The lowest BCUT2D eigenvalue weighted by Gasteiger charge is -2.14. The largest absolute Gasteiger partial charge is 0.443 e. The Kier molecular flexibility index (Phi) is 3.75. The summed E-state index contributed by atoms with van der Waals surface area (Å²) >= 11 is 0. The standard InChI is InChI=1S/C23H14N4O2/c1-13-16(11-24)3-2-4-17(13)22-18(9-15-6-8-21(28)26-23(15)27-22)14-5-7-19-20(10-14)29-12-25-19/h2-10,12H,1H3,(H,26,27,28). The zero-order valence-corrected chi connectivity index (χ0v) is 15.4. The topological polar surface area (TPSA) is 95.6 Å². The van der Waals surface area contributed by atoms with Crippen LogP contribution in [0, 0.1) is 18.3 Å². The summed E-state index contributed by atoms with van der Waals surface area (Å²) in [5, 5.41) is 10.3. The Balaban J connectivity index is 1.86. The molecule has 5 aromatic rings. The number of pyridine rings is 2. The van der Waals surface area contributed by atoms with Crippen molar-refractivity contribution in [3.8, 4) is 28.5 Å². The Hall–Kier alpha value is -4.24. The van der Waals surface area contributed by atoms with Crippen LogP contribution in [0.5, 0.6) is 0 Å². The van der Waals surface area contributed by atoms with Crippen molar-refractivity contribution < 1.29 is 4.42 Å². The molecule has 0 atom stereocenters. The van der Waals surface area contributed by atoms with Gasteiger partial charge in [0, 0.05) is 22.6 Å². The molecule has 5 rings (SSSR count). The Morgan fingerprint density at radius 1 is 1.07 bits per heavy atom. The summed E-state index contributed by atoms with van der Waals surface area (Å²) in [6, 6.07) is 18.8. The van der Waals surface area contributed by atoms with E-state index in [0.717, 1.165) is 33.2 Å². The van der Waals surface area contributed by atoms with Gasteiger partial charge in [-0.25, -0.2) is 9.97 Å². The predicted octanol–water partition coefficient (Wildman–Crippen LogP) is 4.58. The SMILES string of the molecule is Cc1c(C#N)cccc1-c1nc2[nH]c(=O)ccc2cc1-c1ccc2ncoc2c1. The minimum atomic E-state index is -0.214.